The van der Waals surface area contributed by atoms with Crippen LogP contribution in [0.1, 0.15) is 34.0 Å². The summed E-state index contributed by atoms with van der Waals surface area (Å²) in [4.78, 5) is 15.6. The summed E-state index contributed by atoms with van der Waals surface area (Å²) in [6.45, 7) is 3.89. The van der Waals surface area contributed by atoms with Gasteiger partial charge in [-0.1, -0.05) is 18.2 Å². The number of nitrogens with one attached hydrogen (secondary N) is 3. The summed E-state index contributed by atoms with van der Waals surface area (Å²) >= 11 is 0. The fourth-order valence-electron chi connectivity index (χ4n) is 3.46. The highest BCUT2D eigenvalue weighted by Gasteiger charge is 2.18. The number of aryl methyl sites for hydroxylation is 1. The summed E-state index contributed by atoms with van der Waals surface area (Å²) < 4.78 is 13.9. The molecule has 25 heavy (non-hydrogen) atoms. The van der Waals surface area contributed by atoms with Crippen molar-refractivity contribution in [1.29, 1.82) is 0 Å². The molecule has 1 saturated heterocycles. The quantitative estimate of drug-likeness (QED) is 0.678. The third kappa shape index (κ3) is 3.03. The van der Waals surface area contributed by atoms with E-state index in [2.05, 4.69) is 21.7 Å². The minimum Gasteiger partial charge on any atom is -0.350 e. The summed E-state index contributed by atoms with van der Waals surface area (Å²) in [6.07, 6.45) is 1.11. The van der Waals surface area contributed by atoms with E-state index >= 15 is 0 Å². The fourth-order valence-corrected chi connectivity index (χ4v) is 3.46. The zero-order valence-electron chi connectivity index (χ0n) is 14.0. The van der Waals surface area contributed by atoms with Crippen LogP contribution in [0.4, 0.5) is 10.1 Å². The number of amides is 1. The molecule has 1 atom stereocenters. The second-order valence-electron chi connectivity index (χ2n) is 6.61. The third-order valence-electron chi connectivity index (χ3n) is 4.87. The van der Waals surface area contributed by atoms with Crippen molar-refractivity contribution in [3.8, 4) is 0 Å². The van der Waals surface area contributed by atoms with Crippen molar-refractivity contribution in [2.75, 3.05) is 18.4 Å². The van der Waals surface area contributed by atoms with Crippen LogP contribution in [0.2, 0.25) is 0 Å². The normalized spacial score (nSPS) is 17.1. The number of halogens is 1. The van der Waals surface area contributed by atoms with Gasteiger partial charge in [-0.3, -0.25) is 4.79 Å². The number of aromatic amines is 1. The number of benzene rings is 2. The Morgan fingerprint density at radius 3 is 2.88 bits per heavy atom. The van der Waals surface area contributed by atoms with E-state index in [9.17, 15) is 9.18 Å². The number of carbonyl (C=O) groups excluding carboxylic acids is 1. The molecule has 3 aromatic rings. The number of fused-ring (bicyclic) bond motifs is 1. The molecule has 0 spiro atoms. The Bertz CT molecular complexity index is 902. The molecule has 2 heterocycles. The predicted molar refractivity (Wildman–Crippen MR) is 97.6 cm³/mol. The maximum Gasteiger partial charge on any atom is 0.272 e. The highest BCUT2D eigenvalue weighted by molar-refractivity contribution is 6.06. The molecule has 1 aliphatic rings. The van der Waals surface area contributed by atoms with Crippen LogP contribution in [0.5, 0.6) is 0 Å². The van der Waals surface area contributed by atoms with Crippen LogP contribution in [0.25, 0.3) is 10.9 Å². The van der Waals surface area contributed by atoms with E-state index in [0.29, 0.717) is 22.5 Å². The largest absolute Gasteiger partial charge is 0.350 e. The van der Waals surface area contributed by atoms with E-state index in [-0.39, 0.29) is 11.7 Å². The molecule has 5 heteroatoms. The van der Waals surface area contributed by atoms with Crippen LogP contribution in [0.15, 0.2) is 42.5 Å². The first kappa shape index (κ1) is 15.8. The summed E-state index contributed by atoms with van der Waals surface area (Å²) in [7, 11) is 0. The van der Waals surface area contributed by atoms with Crippen molar-refractivity contribution in [2.45, 2.75) is 19.3 Å². The summed E-state index contributed by atoms with van der Waals surface area (Å²) in [5.74, 6) is -0.106. The predicted octanol–water partition coefficient (Wildman–Crippen LogP) is 3.94. The molecule has 1 aromatic heterocycles. The minimum atomic E-state index is -0.327. The molecule has 1 unspecified atom stereocenters. The molecule has 1 amide bonds. The molecule has 1 aliphatic heterocycles. The van der Waals surface area contributed by atoms with E-state index < -0.39 is 0 Å². The molecule has 128 valence electrons. The Morgan fingerprint density at radius 2 is 2.12 bits per heavy atom. The summed E-state index contributed by atoms with van der Waals surface area (Å²) in [5, 5.41) is 6.70. The molecule has 0 saturated carbocycles. The zero-order chi connectivity index (χ0) is 17.4. The Balaban J connectivity index is 1.59. The first-order chi connectivity index (χ1) is 12.1. The van der Waals surface area contributed by atoms with Gasteiger partial charge in [0.05, 0.1) is 5.52 Å². The number of hydrogen-bond acceptors (Lipinski definition) is 2. The number of hydrogen-bond donors (Lipinski definition) is 3. The molecular formula is C20H20FN3O. The first-order valence-corrected chi connectivity index (χ1v) is 8.51. The first-order valence-electron chi connectivity index (χ1n) is 8.51. The van der Waals surface area contributed by atoms with Gasteiger partial charge in [0.2, 0.25) is 0 Å². The van der Waals surface area contributed by atoms with Crippen LogP contribution in [-0.4, -0.2) is 24.0 Å². The summed E-state index contributed by atoms with van der Waals surface area (Å²) in [6, 6.07) is 12.6. The second-order valence-corrected chi connectivity index (χ2v) is 6.61. The maximum absolute atomic E-state index is 13.9. The van der Waals surface area contributed by atoms with Gasteiger partial charge in [-0.2, -0.15) is 0 Å². The van der Waals surface area contributed by atoms with Gasteiger partial charge in [-0.15, -0.1) is 0 Å². The zero-order valence-corrected chi connectivity index (χ0v) is 14.0. The topological polar surface area (TPSA) is 56.9 Å². The van der Waals surface area contributed by atoms with E-state index in [0.717, 1.165) is 30.8 Å². The lowest BCUT2D eigenvalue weighted by Crippen LogP contribution is -2.13. The number of aromatic nitrogens is 1. The monoisotopic (exact) mass is 337 g/mol. The molecular weight excluding hydrogens is 317 g/mol. The molecule has 0 bridgehead atoms. The van der Waals surface area contributed by atoms with Crippen molar-refractivity contribution in [3.63, 3.8) is 0 Å². The lowest BCUT2D eigenvalue weighted by molar-refractivity contribution is 0.102. The lowest BCUT2D eigenvalue weighted by atomic mass is 9.98. The fraction of sp³-hybridized carbons (Fsp3) is 0.250. The van der Waals surface area contributed by atoms with Gasteiger partial charge in [-0.05, 0) is 61.2 Å². The molecule has 3 N–H and O–H groups in total. The Kier molecular flexibility index (Phi) is 4.01. The van der Waals surface area contributed by atoms with E-state index in [1.165, 1.54) is 11.6 Å². The number of anilines is 1. The van der Waals surface area contributed by atoms with Crippen molar-refractivity contribution >= 4 is 22.5 Å². The Hall–Kier alpha value is -2.66. The lowest BCUT2D eigenvalue weighted by Gasteiger charge is -2.11. The van der Waals surface area contributed by atoms with Gasteiger partial charge in [-0.25, -0.2) is 4.39 Å². The van der Waals surface area contributed by atoms with E-state index in [4.69, 9.17) is 0 Å². The van der Waals surface area contributed by atoms with Gasteiger partial charge in [0.1, 0.15) is 11.5 Å². The van der Waals surface area contributed by atoms with E-state index in [1.807, 2.05) is 25.1 Å². The molecule has 0 radical (unpaired) electrons. The minimum absolute atomic E-state index is 0.267. The van der Waals surface area contributed by atoms with Crippen LogP contribution in [0, 0.1) is 12.7 Å². The standard InChI is InChI=1S/C20H20FN3O/c1-12-5-6-17(21)16-10-18(24-19(12)16)20(25)23-15-4-2-3-13(9-15)14-7-8-22-11-14/h2-6,9-10,14,22,24H,7-8,11H2,1H3,(H,23,25). The third-order valence-corrected chi connectivity index (χ3v) is 4.87. The van der Waals surface area contributed by atoms with Gasteiger partial charge < -0.3 is 15.6 Å². The van der Waals surface area contributed by atoms with Crippen LogP contribution in [0.3, 0.4) is 0 Å². The van der Waals surface area contributed by atoms with Crippen molar-refractivity contribution in [3.05, 3.63) is 65.1 Å². The van der Waals surface area contributed by atoms with Gasteiger partial charge >= 0.3 is 0 Å². The molecule has 1 fully saturated rings. The van der Waals surface area contributed by atoms with Crippen LogP contribution < -0.4 is 10.6 Å². The smallest absolute Gasteiger partial charge is 0.272 e. The van der Waals surface area contributed by atoms with Crippen molar-refractivity contribution in [1.82, 2.24) is 10.3 Å². The van der Waals surface area contributed by atoms with Crippen LogP contribution in [-0.2, 0) is 0 Å². The number of carbonyl (C=O) groups is 1. The average Bonchev–Trinajstić information content (AvgIpc) is 3.28. The highest BCUT2D eigenvalue weighted by atomic mass is 19.1. The highest BCUT2D eigenvalue weighted by Crippen LogP contribution is 2.26. The molecule has 4 nitrogen and oxygen atoms in total. The van der Waals surface area contributed by atoms with Crippen LogP contribution >= 0.6 is 0 Å². The van der Waals surface area contributed by atoms with Gasteiger partial charge in [0.25, 0.3) is 5.91 Å². The molecule has 0 aliphatic carbocycles. The van der Waals surface area contributed by atoms with Crippen molar-refractivity contribution < 1.29 is 9.18 Å². The van der Waals surface area contributed by atoms with Crippen molar-refractivity contribution in [2.24, 2.45) is 0 Å². The maximum atomic E-state index is 13.9. The summed E-state index contributed by atoms with van der Waals surface area (Å²) in [5.41, 5.74) is 3.91. The van der Waals surface area contributed by atoms with Gasteiger partial charge in [0.15, 0.2) is 0 Å². The van der Waals surface area contributed by atoms with E-state index in [1.54, 1.807) is 12.1 Å². The Labute approximate surface area is 145 Å². The SMILES string of the molecule is Cc1ccc(F)c2cc(C(=O)Nc3cccc(C4CCNC4)c3)[nH]c12. The Morgan fingerprint density at radius 1 is 1.24 bits per heavy atom. The molecule has 4 rings (SSSR count). The molecule has 2 aromatic carbocycles. The second kappa shape index (κ2) is 6.33. The average molecular weight is 337 g/mol. The number of rotatable bonds is 3. The van der Waals surface area contributed by atoms with Gasteiger partial charge in [0, 0.05) is 17.6 Å². The number of H-pyrrole nitrogens is 1.